The minimum Gasteiger partial charge on any atom is -0.480 e. The standard InChI is InChI=1S/C17H30N4O7S/c1-3-21(4-2)14(23)7-8-29-10-12(16(26)19-9-15(24)25)20-13(22)6-5-11(18)17(27)28/h11-12H,3-10,18H2,1-2H3,(H,19,26)(H,20,22)(H,24,25)(H,27,28). The largest absolute Gasteiger partial charge is 0.480 e. The number of nitrogens with two attached hydrogens (primary N) is 1. The third kappa shape index (κ3) is 12.0. The second kappa shape index (κ2) is 14.6. The van der Waals surface area contributed by atoms with Crippen molar-refractivity contribution in [2.75, 3.05) is 31.1 Å². The van der Waals surface area contributed by atoms with Gasteiger partial charge in [0.1, 0.15) is 18.6 Å². The van der Waals surface area contributed by atoms with Gasteiger partial charge in [0.25, 0.3) is 0 Å². The van der Waals surface area contributed by atoms with Crippen LogP contribution in [0.1, 0.15) is 33.1 Å². The summed E-state index contributed by atoms with van der Waals surface area (Å²) in [6.07, 6.45) is -0.0192. The number of carbonyl (C=O) groups excluding carboxylic acids is 3. The third-order valence-corrected chi connectivity index (χ3v) is 4.99. The topological polar surface area (TPSA) is 179 Å². The molecule has 0 aromatic carbocycles. The zero-order chi connectivity index (χ0) is 22.4. The number of nitrogens with zero attached hydrogens (tertiary/aromatic N) is 1. The molecule has 0 radical (unpaired) electrons. The van der Waals surface area contributed by atoms with Gasteiger partial charge in [0.15, 0.2) is 0 Å². The lowest BCUT2D eigenvalue weighted by atomic mass is 10.1. The molecule has 0 aromatic rings. The van der Waals surface area contributed by atoms with Crippen LogP contribution in [-0.2, 0) is 24.0 Å². The molecular formula is C17H30N4O7S. The summed E-state index contributed by atoms with van der Waals surface area (Å²) in [4.78, 5) is 59.2. The number of carboxylic acids is 2. The van der Waals surface area contributed by atoms with Crippen molar-refractivity contribution in [1.29, 1.82) is 0 Å². The van der Waals surface area contributed by atoms with Gasteiger partial charge in [-0.3, -0.25) is 24.0 Å². The van der Waals surface area contributed by atoms with Gasteiger partial charge in [0.2, 0.25) is 17.7 Å². The molecule has 0 saturated carbocycles. The van der Waals surface area contributed by atoms with Crippen LogP contribution in [-0.4, -0.2) is 88.0 Å². The smallest absolute Gasteiger partial charge is 0.322 e. The maximum Gasteiger partial charge on any atom is 0.322 e. The van der Waals surface area contributed by atoms with Gasteiger partial charge in [-0.15, -0.1) is 0 Å². The van der Waals surface area contributed by atoms with Crippen LogP contribution in [0.25, 0.3) is 0 Å². The maximum absolute atomic E-state index is 12.2. The number of nitrogens with one attached hydrogen (secondary N) is 2. The molecule has 2 unspecified atom stereocenters. The van der Waals surface area contributed by atoms with Crippen LogP contribution in [0.3, 0.4) is 0 Å². The monoisotopic (exact) mass is 434 g/mol. The number of hydrogen-bond acceptors (Lipinski definition) is 7. The van der Waals surface area contributed by atoms with Gasteiger partial charge in [-0.2, -0.15) is 11.8 Å². The first-order valence-corrected chi connectivity index (χ1v) is 10.4. The van der Waals surface area contributed by atoms with Crippen molar-refractivity contribution in [2.24, 2.45) is 5.73 Å². The Kier molecular flexibility index (Phi) is 13.4. The SMILES string of the molecule is CCN(CC)C(=O)CCSCC(NC(=O)CCC(N)C(=O)O)C(=O)NCC(=O)O. The molecule has 0 rings (SSSR count). The molecule has 0 spiro atoms. The highest BCUT2D eigenvalue weighted by molar-refractivity contribution is 7.99. The molecule has 0 aliphatic rings. The zero-order valence-electron chi connectivity index (χ0n) is 16.7. The fourth-order valence-corrected chi connectivity index (χ4v) is 3.20. The highest BCUT2D eigenvalue weighted by atomic mass is 32.2. The molecule has 11 nitrogen and oxygen atoms in total. The first-order chi connectivity index (χ1) is 13.6. The number of rotatable bonds is 15. The van der Waals surface area contributed by atoms with Gasteiger partial charge < -0.3 is 31.5 Å². The van der Waals surface area contributed by atoms with Gasteiger partial charge in [-0.1, -0.05) is 0 Å². The summed E-state index contributed by atoms with van der Waals surface area (Å²) in [7, 11) is 0. The lowest BCUT2D eigenvalue weighted by Gasteiger charge is -2.20. The summed E-state index contributed by atoms with van der Waals surface area (Å²) < 4.78 is 0. The van der Waals surface area contributed by atoms with Gasteiger partial charge in [-0.25, -0.2) is 0 Å². The first kappa shape index (κ1) is 26.7. The van der Waals surface area contributed by atoms with Crippen LogP contribution in [0, 0.1) is 0 Å². The molecule has 3 amide bonds. The Morgan fingerprint density at radius 3 is 2.21 bits per heavy atom. The molecular weight excluding hydrogens is 404 g/mol. The fourth-order valence-electron chi connectivity index (χ4n) is 2.24. The number of carboxylic acid groups (broad SMARTS) is 2. The summed E-state index contributed by atoms with van der Waals surface area (Å²) in [5, 5.41) is 22.1. The van der Waals surface area contributed by atoms with Crippen molar-refractivity contribution in [1.82, 2.24) is 15.5 Å². The van der Waals surface area contributed by atoms with Gasteiger partial charge in [0, 0.05) is 37.4 Å². The molecule has 2 atom stereocenters. The van der Waals surface area contributed by atoms with E-state index in [2.05, 4.69) is 10.6 Å². The van der Waals surface area contributed by atoms with Gasteiger partial charge in [0.05, 0.1) is 0 Å². The summed E-state index contributed by atoms with van der Waals surface area (Å²) in [6.45, 7) is 4.37. The fraction of sp³-hybridized carbons (Fsp3) is 0.706. The number of carbonyl (C=O) groups is 5. The van der Waals surface area contributed by atoms with E-state index in [9.17, 15) is 24.0 Å². The zero-order valence-corrected chi connectivity index (χ0v) is 17.5. The van der Waals surface area contributed by atoms with E-state index < -0.39 is 42.4 Å². The molecule has 0 aromatic heterocycles. The number of thioether (sulfide) groups is 1. The van der Waals surface area contributed by atoms with Crippen molar-refractivity contribution < 1.29 is 34.2 Å². The minimum absolute atomic E-state index is 0.0129. The summed E-state index contributed by atoms with van der Waals surface area (Å²) in [6, 6.07) is -2.21. The minimum atomic E-state index is -1.23. The van der Waals surface area contributed by atoms with Crippen molar-refractivity contribution >= 4 is 41.4 Å². The lowest BCUT2D eigenvalue weighted by molar-refractivity contribution is -0.139. The molecule has 0 fully saturated rings. The molecule has 6 N–H and O–H groups in total. The molecule has 166 valence electrons. The molecule has 0 bridgehead atoms. The Hall–Kier alpha value is -2.34. The van der Waals surface area contributed by atoms with E-state index in [0.29, 0.717) is 18.8 Å². The molecule has 29 heavy (non-hydrogen) atoms. The van der Waals surface area contributed by atoms with Crippen LogP contribution in [0.4, 0.5) is 0 Å². The quantitative estimate of drug-likeness (QED) is 0.199. The van der Waals surface area contributed by atoms with E-state index in [4.69, 9.17) is 15.9 Å². The summed E-state index contributed by atoms with van der Waals surface area (Å²) in [5.41, 5.74) is 5.35. The highest BCUT2D eigenvalue weighted by Gasteiger charge is 2.22. The van der Waals surface area contributed by atoms with Crippen LogP contribution in [0.5, 0.6) is 0 Å². The van der Waals surface area contributed by atoms with Crippen molar-refractivity contribution in [2.45, 2.75) is 45.2 Å². The predicted molar refractivity (Wildman–Crippen MR) is 107 cm³/mol. The molecule has 0 aliphatic heterocycles. The van der Waals surface area contributed by atoms with E-state index in [1.54, 1.807) is 4.90 Å². The van der Waals surface area contributed by atoms with E-state index in [0.717, 1.165) is 0 Å². The lowest BCUT2D eigenvalue weighted by Crippen LogP contribution is -2.49. The van der Waals surface area contributed by atoms with Crippen LogP contribution in [0.15, 0.2) is 0 Å². The first-order valence-electron chi connectivity index (χ1n) is 9.25. The molecule has 0 saturated heterocycles. The van der Waals surface area contributed by atoms with Crippen molar-refractivity contribution in [3.63, 3.8) is 0 Å². The van der Waals surface area contributed by atoms with E-state index >= 15 is 0 Å². The number of aliphatic carboxylic acids is 2. The van der Waals surface area contributed by atoms with E-state index in [-0.39, 0.29) is 30.9 Å². The van der Waals surface area contributed by atoms with E-state index in [1.807, 2.05) is 13.8 Å². The van der Waals surface area contributed by atoms with Gasteiger partial charge >= 0.3 is 11.9 Å². The second-order valence-electron chi connectivity index (χ2n) is 6.11. The van der Waals surface area contributed by atoms with Gasteiger partial charge in [-0.05, 0) is 20.3 Å². The Morgan fingerprint density at radius 1 is 1.07 bits per heavy atom. The summed E-state index contributed by atoms with van der Waals surface area (Å²) in [5.74, 6) is -3.16. The normalized spacial score (nSPS) is 12.5. The average Bonchev–Trinajstić information content (AvgIpc) is 2.67. The van der Waals surface area contributed by atoms with Crippen LogP contribution in [0.2, 0.25) is 0 Å². The Balaban J connectivity index is 4.66. The second-order valence-corrected chi connectivity index (χ2v) is 7.26. The number of amides is 3. The maximum atomic E-state index is 12.2. The number of hydrogen-bond donors (Lipinski definition) is 5. The highest BCUT2D eigenvalue weighted by Crippen LogP contribution is 2.08. The molecule has 12 heteroatoms. The van der Waals surface area contributed by atoms with Crippen molar-refractivity contribution in [3.8, 4) is 0 Å². The Bertz CT molecular complexity index is 584. The van der Waals surface area contributed by atoms with Crippen LogP contribution < -0.4 is 16.4 Å². The predicted octanol–water partition coefficient (Wildman–Crippen LogP) is -1.14. The average molecular weight is 435 g/mol. The Morgan fingerprint density at radius 2 is 1.69 bits per heavy atom. The molecule has 0 aliphatic carbocycles. The van der Waals surface area contributed by atoms with Crippen molar-refractivity contribution in [3.05, 3.63) is 0 Å². The Labute approximate surface area is 173 Å². The summed E-state index contributed by atoms with van der Waals surface area (Å²) >= 11 is 1.27. The molecule has 0 heterocycles. The van der Waals surface area contributed by atoms with Crippen LogP contribution >= 0.6 is 11.8 Å². The van der Waals surface area contributed by atoms with E-state index in [1.165, 1.54) is 11.8 Å². The third-order valence-electron chi connectivity index (χ3n) is 3.93.